The zero-order valence-electron chi connectivity index (χ0n) is 11.9. The molecular weight excluding hydrogens is 307 g/mol. The lowest BCUT2D eigenvalue weighted by atomic mass is 10.2. The molecule has 1 heterocycles. The molecule has 0 radical (unpaired) electrons. The highest BCUT2D eigenvalue weighted by atomic mass is 19.1. The average molecular weight is 322 g/mol. The van der Waals surface area contributed by atoms with Crippen molar-refractivity contribution in [2.45, 2.75) is 12.6 Å². The molecule has 0 aliphatic rings. The second-order valence-electron chi connectivity index (χ2n) is 4.75. The Morgan fingerprint density at radius 3 is 2.65 bits per heavy atom. The van der Waals surface area contributed by atoms with E-state index in [1.807, 2.05) is 0 Å². The molecule has 0 saturated heterocycles. The zero-order chi connectivity index (χ0) is 17.0. The van der Waals surface area contributed by atoms with E-state index in [1.165, 1.54) is 24.3 Å². The van der Waals surface area contributed by atoms with E-state index in [0.29, 0.717) is 5.56 Å². The number of nitrogens with two attached hydrogens (primary N) is 1. The largest absolute Gasteiger partial charge is 0.501 e. The first-order valence-corrected chi connectivity index (χ1v) is 6.64. The highest BCUT2D eigenvalue weighted by Crippen LogP contribution is 2.11. The second-order valence-corrected chi connectivity index (χ2v) is 4.75. The van der Waals surface area contributed by atoms with Crippen LogP contribution >= 0.6 is 0 Å². The van der Waals surface area contributed by atoms with Gasteiger partial charge in [-0.25, -0.2) is 9.37 Å². The van der Waals surface area contributed by atoms with Gasteiger partial charge in [-0.3, -0.25) is 9.59 Å². The van der Waals surface area contributed by atoms with E-state index in [2.05, 4.69) is 15.3 Å². The summed E-state index contributed by atoms with van der Waals surface area (Å²) in [6.07, 6.45) is 0. The van der Waals surface area contributed by atoms with Crippen molar-refractivity contribution in [2.24, 2.45) is 5.73 Å². The van der Waals surface area contributed by atoms with Gasteiger partial charge >= 0.3 is 0 Å². The van der Waals surface area contributed by atoms with E-state index < -0.39 is 41.4 Å². The molecule has 1 amide bonds. The molecule has 0 fully saturated rings. The van der Waals surface area contributed by atoms with Crippen molar-refractivity contribution in [1.29, 1.82) is 0 Å². The maximum Gasteiger partial charge on any atom is 0.293 e. The van der Waals surface area contributed by atoms with Crippen molar-refractivity contribution in [3.8, 4) is 5.75 Å². The number of aliphatic hydroxyl groups excluding tert-OH is 1. The molecule has 0 aliphatic heterocycles. The highest BCUT2D eigenvalue weighted by Gasteiger charge is 2.19. The molecule has 6 N–H and O–H groups in total. The quantitative estimate of drug-likeness (QED) is 0.504. The van der Waals surface area contributed by atoms with Crippen LogP contribution in [-0.4, -0.2) is 32.7 Å². The van der Waals surface area contributed by atoms with Gasteiger partial charge in [0, 0.05) is 6.54 Å². The molecule has 1 atom stereocenters. The number of nitrogens with one attached hydrogen (secondary N) is 2. The van der Waals surface area contributed by atoms with E-state index >= 15 is 0 Å². The minimum absolute atomic E-state index is 0.0500. The predicted octanol–water partition coefficient (Wildman–Crippen LogP) is -0.463. The topological polar surface area (TPSA) is 141 Å². The Morgan fingerprint density at radius 2 is 2.04 bits per heavy atom. The molecule has 8 nitrogen and oxygen atoms in total. The van der Waals surface area contributed by atoms with Crippen LogP contribution in [0.15, 0.2) is 29.1 Å². The SMILES string of the molecule is NC(CO)c1nc(C(=O)NCc2ccc(F)cc2)c(O)c(=O)[nH]1. The fourth-order valence-electron chi connectivity index (χ4n) is 1.77. The number of rotatable bonds is 5. The summed E-state index contributed by atoms with van der Waals surface area (Å²) in [5.74, 6) is -2.18. The van der Waals surface area contributed by atoms with Gasteiger partial charge in [0.05, 0.1) is 12.6 Å². The van der Waals surface area contributed by atoms with E-state index in [-0.39, 0.29) is 12.4 Å². The summed E-state index contributed by atoms with van der Waals surface area (Å²) in [5.41, 5.74) is 4.71. The number of hydrogen-bond donors (Lipinski definition) is 5. The van der Waals surface area contributed by atoms with Crippen LogP contribution in [0.3, 0.4) is 0 Å². The molecule has 9 heteroatoms. The van der Waals surface area contributed by atoms with Crippen LogP contribution in [0.25, 0.3) is 0 Å². The van der Waals surface area contributed by atoms with Gasteiger partial charge in [-0.1, -0.05) is 12.1 Å². The number of carbonyl (C=O) groups is 1. The maximum atomic E-state index is 12.8. The van der Waals surface area contributed by atoms with Crippen molar-refractivity contribution < 1.29 is 19.4 Å². The van der Waals surface area contributed by atoms with Gasteiger partial charge < -0.3 is 26.2 Å². The van der Waals surface area contributed by atoms with Crippen molar-refractivity contribution in [3.05, 3.63) is 57.5 Å². The summed E-state index contributed by atoms with van der Waals surface area (Å²) in [7, 11) is 0. The fourth-order valence-corrected chi connectivity index (χ4v) is 1.77. The van der Waals surface area contributed by atoms with E-state index in [1.54, 1.807) is 0 Å². The normalized spacial score (nSPS) is 12.0. The Morgan fingerprint density at radius 1 is 1.39 bits per heavy atom. The van der Waals surface area contributed by atoms with Crippen LogP contribution in [-0.2, 0) is 6.54 Å². The van der Waals surface area contributed by atoms with Crippen LogP contribution in [0.1, 0.15) is 27.9 Å². The second kappa shape index (κ2) is 6.99. The Hall–Kier alpha value is -2.78. The Kier molecular flexibility index (Phi) is 5.04. The monoisotopic (exact) mass is 322 g/mol. The molecule has 0 saturated carbocycles. The Balaban J connectivity index is 2.19. The summed E-state index contributed by atoms with van der Waals surface area (Å²) in [5, 5.41) is 21.1. The highest BCUT2D eigenvalue weighted by molar-refractivity contribution is 5.94. The lowest BCUT2D eigenvalue weighted by molar-refractivity contribution is 0.0941. The number of aromatic amines is 1. The van der Waals surface area contributed by atoms with Gasteiger partial charge in [0.2, 0.25) is 5.75 Å². The summed E-state index contributed by atoms with van der Waals surface area (Å²) < 4.78 is 12.8. The van der Waals surface area contributed by atoms with Gasteiger partial charge in [-0.15, -0.1) is 0 Å². The molecule has 0 bridgehead atoms. The van der Waals surface area contributed by atoms with Crippen LogP contribution in [0.4, 0.5) is 4.39 Å². The molecule has 2 rings (SSSR count). The number of nitrogens with zero attached hydrogens (tertiary/aromatic N) is 1. The number of H-pyrrole nitrogens is 1. The summed E-state index contributed by atoms with van der Waals surface area (Å²) in [6.45, 7) is -0.446. The molecule has 2 aromatic rings. The van der Waals surface area contributed by atoms with Crippen LogP contribution in [0.5, 0.6) is 5.75 Å². The number of halogens is 1. The van der Waals surface area contributed by atoms with E-state index in [0.717, 1.165) is 0 Å². The number of benzene rings is 1. The summed E-state index contributed by atoms with van der Waals surface area (Å²) in [6, 6.07) is 4.44. The predicted molar refractivity (Wildman–Crippen MR) is 78.1 cm³/mol. The molecule has 1 aromatic heterocycles. The average Bonchev–Trinajstić information content (AvgIpc) is 2.55. The van der Waals surface area contributed by atoms with Crippen LogP contribution in [0.2, 0.25) is 0 Å². The molecule has 1 unspecified atom stereocenters. The number of amides is 1. The number of aromatic hydroxyl groups is 1. The van der Waals surface area contributed by atoms with Gasteiger partial charge in [-0.05, 0) is 17.7 Å². The minimum atomic E-state index is -0.994. The number of aliphatic hydroxyl groups is 1. The molecule has 0 aliphatic carbocycles. The van der Waals surface area contributed by atoms with Gasteiger partial charge in [0.25, 0.3) is 11.5 Å². The molecular formula is C14H15FN4O4. The van der Waals surface area contributed by atoms with E-state index in [9.17, 15) is 19.1 Å². The maximum absolute atomic E-state index is 12.8. The lowest BCUT2D eigenvalue weighted by Gasteiger charge is -2.10. The number of carbonyl (C=O) groups excluding carboxylic acids is 1. The smallest absolute Gasteiger partial charge is 0.293 e. The van der Waals surface area contributed by atoms with Gasteiger partial charge in [0.1, 0.15) is 11.6 Å². The summed E-state index contributed by atoms with van der Waals surface area (Å²) in [4.78, 5) is 29.6. The van der Waals surface area contributed by atoms with Crippen molar-refractivity contribution in [3.63, 3.8) is 0 Å². The van der Waals surface area contributed by atoms with Crippen molar-refractivity contribution in [2.75, 3.05) is 6.61 Å². The molecule has 23 heavy (non-hydrogen) atoms. The Bertz CT molecular complexity index is 760. The van der Waals surface area contributed by atoms with Crippen molar-refractivity contribution in [1.82, 2.24) is 15.3 Å². The third kappa shape index (κ3) is 3.90. The first-order valence-electron chi connectivity index (χ1n) is 6.64. The first kappa shape index (κ1) is 16.6. The molecule has 1 aromatic carbocycles. The van der Waals surface area contributed by atoms with Crippen LogP contribution < -0.4 is 16.6 Å². The van der Waals surface area contributed by atoms with E-state index in [4.69, 9.17) is 10.8 Å². The molecule has 0 spiro atoms. The summed E-state index contributed by atoms with van der Waals surface area (Å²) >= 11 is 0. The van der Waals surface area contributed by atoms with Crippen LogP contribution in [0, 0.1) is 5.82 Å². The Labute approximate surface area is 129 Å². The zero-order valence-corrected chi connectivity index (χ0v) is 11.9. The molecule has 122 valence electrons. The minimum Gasteiger partial charge on any atom is -0.501 e. The first-order chi connectivity index (χ1) is 10.9. The third-order valence-electron chi connectivity index (χ3n) is 3.04. The van der Waals surface area contributed by atoms with Crippen molar-refractivity contribution >= 4 is 5.91 Å². The van der Waals surface area contributed by atoms with Gasteiger partial charge in [0.15, 0.2) is 5.69 Å². The lowest BCUT2D eigenvalue weighted by Crippen LogP contribution is -2.29. The number of hydrogen-bond acceptors (Lipinski definition) is 6. The fraction of sp³-hybridized carbons (Fsp3) is 0.214. The number of aromatic nitrogens is 2. The third-order valence-corrected chi connectivity index (χ3v) is 3.04. The standard InChI is InChI=1S/C14H15FN4O4/c15-8-3-1-7(2-4-8)5-17-13(22)10-11(21)14(23)19-12(18-10)9(16)6-20/h1-4,9,20-21H,5-6,16H2,(H,17,22)(H,18,19,23). The van der Waals surface area contributed by atoms with Gasteiger partial charge in [-0.2, -0.15) is 0 Å².